The molecule has 2 saturated heterocycles. The van der Waals surface area contributed by atoms with Crippen LogP contribution < -0.4 is 73.8 Å². The maximum absolute atomic E-state index is 5.76. The van der Waals surface area contributed by atoms with Gasteiger partial charge in [0.05, 0.1) is 19.8 Å². The first-order valence-electron chi connectivity index (χ1n) is 7.33. The molecule has 1 unspecified atom stereocenters. The Morgan fingerprint density at radius 1 is 1.24 bits per heavy atom. The summed E-state index contributed by atoms with van der Waals surface area (Å²) in [6, 6.07) is 8.59. The van der Waals surface area contributed by atoms with Gasteiger partial charge in [-0.2, -0.15) is 0 Å². The van der Waals surface area contributed by atoms with Crippen LogP contribution in [0.4, 0.5) is 5.69 Å². The number of anilines is 1. The first kappa shape index (κ1) is 18.3. The second-order valence-corrected chi connectivity index (χ2v) is 5.49. The van der Waals surface area contributed by atoms with E-state index in [1.54, 1.807) is 0 Å². The molecule has 0 amide bonds. The molecule has 0 saturated carbocycles. The van der Waals surface area contributed by atoms with Gasteiger partial charge in [0.2, 0.25) is 0 Å². The topological polar surface area (TPSA) is 30.9 Å². The summed E-state index contributed by atoms with van der Waals surface area (Å²) < 4.78 is 16.6. The average molecular weight is 409 g/mol. The van der Waals surface area contributed by atoms with Gasteiger partial charge in [-0.15, -0.1) is 5.92 Å². The molecule has 0 N–H and O–H groups in total. The number of nitrogens with zero attached hydrogens (tertiary/aromatic N) is 1. The number of benzene rings is 1. The molecular formula is C16H22CsNO3. The molecule has 2 fully saturated rings. The zero-order valence-corrected chi connectivity index (χ0v) is 19.2. The number of hydrogen-bond donors (Lipinski definition) is 0. The van der Waals surface area contributed by atoms with Crippen LogP contribution in [0.5, 0.6) is 0 Å². The van der Waals surface area contributed by atoms with Crippen LogP contribution in [0.1, 0.15) is 18.9 Å². The predicted molar refractivity (Wildman–Crippen MR) is 77.2 cm³/mol. The molecular weight excluding hydrogens is 387 g/mol. The maximum atomic E-state index is 5.76. The van der Waals surface area contributed by atoms with Gasteiger partial charge in [-0.3, -0.25) is 0 Å². The van der Waals surface area contributed by atoms with Gasteiger partial charge >= 0.3 is 68.9 Å². The standard InChI is InChI=1S/C16H22NO3.Cs/c1-13-10-16(19-11-13)20-12-14-2-4-15(5-3-14)17-6-8-18-9-7-17;/h2-5,11,13,16H,6-10,12H2,1H3;/q-1;+1/t13-,16?;/m1./s1. The molecule has 0 bridgehead atoms. The van der Waals surface area contributed by atoms with E-state index in [-0.39, 0.29) is 75.2 Å². The van der Waals surface area contributed by atoms with Crippen LogP contribution >= 0.6 is 0 Å². The smallest absolute Gasteiger partial charge is 0.529 e. The molecule has 21 heavy (non-hydrogen) atoms. The van der Waals surface area contributed by atoms with Crippen LogP contribution in [0.2, 0.25) is 0 Å². The van der Waals surface area contributed by atoms with E-state index in [2.05, 4.69) is 36.1 Å². The zero-order valence-electron chi connectivity index (χ0n) is 13.0. The molecule has 5 heteroatoms. The van der Waals surface area contributed by atoms with E-state index < -0.39 is 0 Å². The van der Waals surface area contributed by atoms with Crippen molar-refractivity contribution in [2.24, 2.45) is 5.92 Å². The fourth-order valence-electron chi connectivity index (χ4n) is 2.56. The number of ether oxygens (including phenoxy) is 3. The van der Waals surface area contributed by atoms with Crippen molar-refractivity contribution in [3.05, 3.63) is 36.4 Å². The van der Waals surface area contributed by atoms with Crippen molar-refractivity contribution < 1.29 is 83.1 Å². The van der Waals surface area contributed by atoms with Crippen LogP contribution in [-0.4, -0.2) is 32.6 Å². The second kappa shape index (κ2) is 9.30. The van der Waals surface area contributed by atoms with Gasteiger partial charge in [0, 0.05) is 18.8 Å². The molecule has 1 aromatic carbocycles. The summed E-state index contributed by atoms with van der Waals surface area (Å²) in [4.78, 5) is 2.35. The van der Waals surface area contributed by atoms with Gasteiger partial charge in [0.25, 0.3) is 0 Å². The third kappa shape index (κ3) is 5.51. The number of hydrogen-bond acceptors (Lipinski definition) is 4. The summed E-state index contributed by atoms with van der Waals surface area (Å²) >= 11 is 0. The molecule has 2 atom stereocenters. The average Bonchev–Trinajstić information content (AvgIpc) is 2.92. The van der Waals surface area contributed by atoms with Crippen molar-refractivity contribution in [1.82, 2.24) is 0 Å². The third-order valence-corrected chi connectivity index (χ3v) is 3.78. The molecule has 2 aliphatic rings. The molecule has 2 heterocycles. The molecule has 1 aromatic rings. The largest absolute Gasteiger partial charge is 1.00 e. The summed E-state index contributed by atoms with van der Waals surface area (Å²) in [7, 11) is 0. The van der Waals surface area contributed by atoms with Gasteiger partial charge in [-0.25, -0.2) is 6.61 Å². The summed E-state index contributed by atoms with van der Waals surface area (Å²) in [5.41, 5.74) is 2.45. The van der Waals surface area contributed by atoms with E-state index in [0.717, 1.165) is 32.7 Å². The Morgan fingerprint density at radius 2 is 1.95 bits per heavy atom. The van der Waals surface area contributed by atoms with Crippen molar-refractivity contribution >= 4 is 5.69 Å². The first-order valence-corrected chi connectivity index (χ1v) is 7.33. The van der Waals surface area contributed by atoms with E-state index in [4.69, 9.17) is 14.2 Å². The predicted octanol–water partition coefficient (Wildman–Crippen LogP) is -0.412. The molecule has 0 aromatic heterocycles. The van der Waals surface area contributed by atoms with Gasteiger partial charge in [-0.1, -0.05) is 19.1 Å². The zero-order chi connectivity index (χ0) is 13.8. The Kier molecular flexibility index (Phi) is 8.10. The molecule has 0 radical (unpaired) electrons. The number of rotatable bonds is 4. The van der Waals surface area contributed by atoms with Crippen molar-refractivity contribution in [3.63, 3.8) is 0 Å². The van der Waals surface area contributed by atoms with Crippen molar-refractivity contribution in [2.45, 2.75) is 26.2 Å². The fourth-order valence-corrected chi connectivity index (χ4v) is 2.56. The summed E-state index contributed by atoms with van der Waals surface area (Å²) in [6.07, 6.45) is 0.871. The Hall–Kier alpha value is 0.952. The van der Waals surface area contributed by atoms with Gasteiger partial charge in [-0.05, 0) is 24.1 Å². The summed E-state index contributed by atoms with van der Waals surface area (Å²) in [5.74, 6) is 0.490. The van der Waals surface area contributed by atoms with Crippen LogP contribution in [0.15, 0.2) is 24.3 Å². The van der Waals surface area contributed by atoms with Crippen molar-refractivity contribution in [3.8, 4) is 0 Å². The van der Waals surface area contributed by atoms with Gasteiger partial charge in [0.15, 0.2) is 0 Å². The maximum Gasteiger partial charge on any atom is 1.00 e. The SMILES string of the molecule is C[C@H]1[CH-]OC(OCc2ccc(N3CCOCC3)cc2)C1.[Cs+]. The van der Waals surface area contributed by atoms with Crippen LogP contribution in [0.3, 0.4) is 0 Å². The quantitative estimate of drug-likeness (QED) is 0.633. The monoisotopic (exact) mass is 409 g/mol. The van der Waals surface area contributed by atoms with E-state index in [9.17, 15) is 0 Å². The van der Waals surface area contributed by atoms with E-state index in [1.807, 2.05) is 6.61 Å². The Balaban J connectivity index is 0.00000161. The number of morpholine rings is 1. The van der Waals surface area contributed by atoms with Crippen LogP contribution in [0, 0.1) is 12.5 Å². The normalized spacial score (nSPS) is 25.7. The molecule has 3 rings (SSSR count). The van der Waals surface area contributed by atoms with Gasteiger partial charge in [0.1, 0.15) is 6.29 Å². The van der Waals surface area contributed by atoms with Crippen molar-refractivity contribution in [1.29, 1.82) is 0 Å². The van der Waals surface area contributed by atoms with Gasteiger partial charge < -0.3 is 19.1 Å². The molecule has 2 aliphatic heterocycles. The minimum atomic E-state index is -0.0797. The van der Waals surface area contributed by atoms with Crippen LogP contribution in [-0.2, 0) is 20.8 Å². The van der Waals surface area contributed by atoms with Crippen LogP contribution in [0.25, 0.3) is 0 Å². The second-order valence-electron chi connectivity index (χ2n) is 5.49. The summed E-state index contributed by atoms with van der Waals surface area (Å²) in [5, 5.41) is 0. The van der Waals surface area contributed by atoms with E-state index >= 15 is 0 Å². The minimum Gasteiger partial charge on any atom is -0.529 e. The minimum absolute atomic E-state index is 0. The molecule has 4 nitrogen and oxygen atoms in total. The Bertz CT molecular complexity index is 420. The van der Waals surface area contributed by atoms with E-state index in [1.165, 1.54) is 11.3 Å². The fraction of sp³-hybridized carbons (Fsp3) is 0.562. The molecule has 0 aliphatic carbocycles. The third-order valence-electron chi connectivity index (χ3n) is 3.78. The molecule has 0 spiro atoms. The van der Waals surface area contributed by atoms with Crippen molar-refractivity contribution in [2.75, 3.05) is 31.2 Å². The summed E-state index contributed by atoms with van der Waals surface area (Å²) in [6.45, 7) is 8.19. The Labute approximate surface area is 185 Å². The Morgan fingerprint density at radius 3 is 2.57 bits per heavy atom. The first-order chi connectivity index (χ1) is 9.81. The van der Waals surface area contributed by atoms with E-state index in [0.29, 0.717) is 12.5 Å². The molecule has 110 valence electrons.